The van der Waals surface area contributed by atoms with Crippen LogP contribution in [0.5, 0.6) is 0 Å². The maximum Gasteiger partial charge on any atom is 0.150 e. The maximum atomic E-state index is 11.1. The average Bonchev–Trinajstić information content (AvgIpc) is 2.10. The number of hydrogen-bond donors (Lipinski definition) is 1. The van der Waals surface area contributed by atoms with Gasteiger partial charge in [0.2, 0.25) is 0 Å². The van der Waals surface area contributed by atoms with Crippen LogP contribution in [0.25, 0.3) is 0 Å². The molecule has 0 bridgehead atoms. The van der Waals surface area contributed by atoms with E-state index in [0.29, 0.717) is 25.3 Å². The summed E-state index contributed by atoms with van der Waals surface area (Å²) in [5, 5.41) is 3.06. The molecule has 1 unspecified atom stereocenters. The van der Waals surface area contributed by atoms with E-state index in [1.807, 2.05) is 0 Å². The van der Waals surface area contributed by atoms with Crippen molar-refractivity contribution < 1.29 is 12.6 Å². The van der Waals surface area contributed by atoms with Gasteiger partial charge in [-0.2, -0.15) is 0 Å². The second kappa shape index (κ2) is 7.36. The molecule has 0 amide bonds. The lowest BCUT2D eigenvalue weighted by Gasteiger charge is -2.03. The van der Waals surface area contributed by atoms with E-state index in [1.165, 1.54) is 0 Å². The van der Waals surface area contributed by atoms with Gasteiger partial charge in [0, 0.05) is 35.1 Å². The Morgan fingerprint density at radius 3 is 2.43 bits per heavy atom. The zero-order valence-electron chi connectivity index (χ0n) is 8.78. The van der Waals surface area contributed by atoms with Crippen LogP contribution < -0.4 is 5.32 Å². The molecule has 0 rings (SSSR count). The summed E-state index contributed by atoms with van der Waals surface area (Å²) in [5.41, 5.74) is 0. The Balaban J connectivity index is 3.35. The Kier molecular flexibility index (Phi) is 7.40. The molecule has 0 aromatic carbocycles. The summed E-state index contributed by atoms with van der Waals surface area (Å²) in [6.45, 7) is 3.02. The zero-order valence-corrected chi connectivity index (χ0v) is 10.4. The Bertz CT molecular complexity index is 262. The summed E-state index contributed by atoms with van der Waals surface area (Å²) in [4.78, 5) is 0. The van der Waals surface area contributed by atoms with E-state index in [0.717, 1.165) is 0 Å². The van der Waals surface area contributed by atoms with Crippen molar-refractivity contribution in [1.82, 2.24) is 5.32 Å². The molecule has 0 aromatic rings. The molecule has 86 valence electrons. The lowest BCUT2D eigenvalue weighted by atomic mass is 10.5. The maximum absolute atomic E-state index is 11.1. The molecular weight excluding hydrogens is 222 g/mol. The first-order valence-corrected chi connectivity index (χ1v) is 8.24. The molecule has 0 aliphatic heterocycles. The van der Waals surface area contributed by atoms with Gasteiger partial charge in [-0.05, 0) is 13.0 Å². The van der Waals surface area contributed by atoms with Crippen molar-refractivity contribution in [2.45, 2.75) is 13.3 Å². The van der Waals surface area contributed by atoms with Crippen LogP contribution in [0.15, 0.2) is 0 Å². The van der Waals surface area contributed by atoms with Gasteiger partial charge in [-0.3, -0.25) is 4.21 Å². The van der Waals surface area contributed by atoms with E-state index in [4.69, 9.17) is 0 Å². The zero-order chi connectivity index (χ0) is 11.0. The Morgan fingerprint density at radius 2 is 1.93 bits per heavy atom. The molecule has 0 saturated heterocycles. The minimum absolute atomic E-state index is 0.214. The third-order valence-corrected chi connectivity index (χ3v) is 4.38. The van der Waals surface area contributed by atoms with E-state index in [2.05, 4.69) is 5.32 Å². The van der Waals surface area contributed by atoms with E-state index >= 15 is 0 Å². The fourth-order valence-corrected chi connectivity index (χ4v) is 2.21. The lowest BCUT2D eigenvalue weighted by Crippen LogP contribution is -2.23. The fourth-order valence-electron chi connectivity index (χ4n) is 0.902. The minimum atomic E-state index is -2.82. The Labute approximate surface area is 88.8 Å². The average molecular weight is 241 g/mol. The second-order valence-electron chi connectivity index (χ2n) is 3.12. The SMILES string of the molecule is CCS(=O)(=O)CCCNCCS(C)=O. The summed E-state index contributed by atoms with van der Waals surface area (Å²) in [6.07, 6.45) is 2.29. The standard InChI is InChI=1S/C8H19NO3S2/c1-3-14(11,12)8-4-5-9-6-7-13(2)10/h9H,3-8H2,1-2H3. The van der Waals surface area contributed by atoms with Gasteiger partial charge in [-0.25, -0.2) is 8.42 Å². The van der Waals surface area contributed by atoms with Gasteiger partial charge in [0.25, 0.3) is 0 Å². The highest BCUT2D eigenvalue weighted by molar-refractivity contribution is 7.91. The molecule has 1 atom stereocenters. The summed E-state index contributed by atoms with van der Waals surface area (Å²) in [7, 11) is -3.59. The largest absolute Gasteiger partial charge is 0.316 e. The normalized spacial score (nSPS) is 14.1. The van der Waals surface area contributed by atoms with Crippen molar-refractivity contribution in [3.05, 3.63) is 0 Å². The van der Waals surface area contributed by atoms with Gasteiger partial charge in [0.1, 0.15) is 9.84 Å². The predicted octanol–water partition coefficient (Wildman–Crippen LogP) is -0.221. The van der Waals surface area contributed by atoms with Gasteiger partial charge in [0.05, 0.1) is 5.75 Å². The number of hydrogen-bond acceptors (Lipinski definition) is 4. The van der Waals surface area contributed by atoms with Crippen molar-refractivity contribution in [1.29, 1.82) is 0 Å². The topological polar surface area (TPSA) is 63.2 Å². The van der Waals surface area contributed by atoms with Crippen molar-refractivity contribution in [2.24, 2.45) is 0 Å². The molecule has 0 spiro atoms. The van der Waals surface area contributed by atoms with Gasteiger partial charge >= 0.3 is 0 Å². The summed E-state index contributed by atoms with van der Waals surface area (Å²) in [6, 6.07) is 0. The van der Waals surface area contributed by atoms with Crippen LogP contribution in [-0.4, -0.2) is 49.2 Å². The van der Waals surface area contributed by atoms with Gasteiger partial charge < -0.3 is 5.32 Å². The van der Waals surface area contributed by atoms with Crippen molar-refractivity contribution in [2.75, 3.05) is 36.6 Å². The van der Waals surface area contributed by atoms with Crippen LogP contribution in [0.1, 0.15) is 13.3 Å². The highest BCUT2D eigenvalue weighted by atomic mass is 32.2. The Morgan fingerprint density at radius 1 is 1.29 bits per heavy atom. The third-order valence-electron chi connectivity index (χ3n) is 1.82. The van der Waals surface area contributed by atoms with Crippen LogP contribution in [0.3, 0.4) is 0 Å². The van der Waals surface area contributed by atoms with E-state index in [9.17, 15) is 12.6 Å². The molecule has 0 fully saturated rings. The van der Waals surface area contributed by atoms with Crippen LogP contribution in [-0.2, 0) is 20.6 Å². The highest BCUT2D eigenvalue weighted by Crippen LogP contribution is 1.91. The van der Waals surface area contributed by atoms with Crippen LogP contribution in [0.4, 0.5) is 0 Å². The summed E-state index contributed by atoms with van der Waals surface area (Å²) < 4.78 is 32.8. The fraction of sp³-hybridized carbons (Fsp3) is 1.00. The van der Waals surface area contributed by atoms with E-state index in [-0.39, 0.29) is 11.5 Å². The van der Waals surface area contributed by atoms with Gasteiger partial charge in [-0.15, -0.1) is 0 Å². The number of sulfone groups is 1. The Hall–Kier alpha value is 0.0600. The quantitative estimate of drug-likeness (QED) is 0.597. The molecule has 0 radical (unpaired) electrons. The predicted molar refractivity (Wildman–Crippen MR) is 60.7 cm³/mol. The van der Waals surface area contributed by atoms with Crippen LogP contribution in [0.2, 0.25) is 0 Å². The molecule has 6 heteroatoms. The molecule has 0 aromatic heterocycles. The van der Waals surface area contributed by atoms with Crippen molar-refractivity contribution >= 4 is 20.6 Å². The molecule has 1 N–H and O–H groups in total. The van der Waals surface area contributed by atoms with Gasteiger partial charge in [-0.1, -0.05) is 6.92 Å². The van der Waals surface area contributed by atoms with E-state index in [1.54, 1.807) is 13.2 Å². The molecule has 0 saturated carbocycles. The van der Waals surface area contributed by atoms with Crippen molar-refractivity contribution in [3.63, 3.8) is 0 Å². The number of rotatable bonds is 8. The van der Waals surface area contributed by atoms with Crippen LogP contribution >= 0.6 is 0 Å². The van der Waals surface area contributed by atoms with Gasteiger partial charge in [0.15, 0.2) is 0 Å². The molecule has 4 nitrogen and oxygen atoms in total. The summed E-state index contributed by atoms with van der Waals surface area (Å²) in [5.74, 6) is 1.08. The van der Waals surface area contributed by atoms with Crippen LogP contribution in [0, 0.1) is 0 Å². The molecule has 0 aliphatic carbocycles. The minimum Gasteiger partial charge on any atom is -0.316 e. The lowest BCUT2D eigenvalue weighted by molar-refractivity contribution is 0.591. The molecule has 0 heterocycles. The molecule has 14 heavy (non-hydrogen) atoms. The first-order chi connectivity index (χ1) is 6.48. The molecule has 0 aliphatic rings. The number of nitrogens with one attached hydrogen (secondary N) is 1. The van der Waals surface area contributed by atoms with Crippen molar-refractivity contribution in [3.8, 4) is 0 Å². The first kappa shape index (κ1) is 14.1. The monoisotopic (exact) mass is 241 g/mol. The second-order valence-corrected chi connectivity index (χ2v) is 7.14. The highest BCUT2D eigenvalue weighted by Gasteiger charge is 2.05. The summed E-state index contributed by atoms with van der Waals surface area (Å²) >= 11 is 0. The molecular formula is C8H19NO3S2. The van der Waals surface area contributed by atoms with E-state index < -0.39 is 20.6 Å². The smallest absolute Gasteiger partial charge is 0.150 e. The first-order valence-electron chi connectivity index (χ1n) is 4.69. The third kappa shape index (κ3) is 8.65.